The lowest BCUT2D eigenvalue weighted by Crippen LogP contribution is -2.14. The largest absolute Gasteiger partial charge is 0.478 e. The third-order valence-corrected chi connectivity index (χ3v) is 2.21. The second kappa shape index (κ2) is 5.76. The Hall–Kier alpha value is -2.70. The van der Waals surface area contributed by atoms with Crippen LogP contribution < -0.4 is 0 Å². The minimum Gasteiger partial charge on any atom is -0.478 e. The molecule has 7 nitrogen and oxygen atoms in total. The molecule has 1 aromatic rings. The molecule has 0 saturated heterocycles. The number of hydrogen-bond donors (Lipinski definition) is 2. The number of carboxylic acid groups (broad SMARTS) is 2. The average molecular weight is 266 g/mol. The highest BCUT2D eigenvalue weighted by Gasteiger charge is 2.20. The lowest BCUT2D eigenvalue weighted by atomic mass is 10.0. The lowest BCUT2D eigenvalue weighted by molar-refractivity contribution is -0.137. The predicted molar refractivity (Wildman–Crippen MR) is 61.1 cm³/mol. The van der Waals surface area contributed by atoms with Gasteiger partial charge in [-0.15, -0.1) is 0 Å². The van der Waals surface area contributed by atoms with Gasteiger partial charge in [0.05, 0.1) is 16.7 Å². The first kappa shape index (κ1) is 14.4. The summed E-state index contributed by atoms with van der Waals surface area (Å²) in [5, 5.41) is 17.7. The number of carbonyl (C=O) groups excluding carboxylic acids is 2. The van der Waals surface area contributed by atoms with Crippen LogP contribution in [-0.4, -0.2) is 34.1 Å². The summed E-state index contributed by atoms with van der Waals surface area (Å²) in [6, 6.07) is 2.91. The maximum atomic E-state index is 11.5. The molecule has 1 rings (SSSR count). The number of ether oxygens (including phenoxy) is 1. The Morgan fingerprint density at radius 3 is 2.11 bits per heavy atom. The van der Waals surface area contributed by atoms with E-state index in [1.165, 1.54) is 6.92 Å². The van der Waals surface area contributed by atoms with Crippen molar-refractivity contribution in [1.29, 1.82) is 0 Å². The van der Waals surface area contributed by atoms with E-state index in [0.717, 1.165) is 18.2 Å². The van der Waals surface area contributed by atoms with Crippen molar-refractivity contribution in [3.63, 3.8) is 0 Å². The fourth-order valence-electron chi connectivity index (χ4n) is 1.27. The highest BCUT2D eigenvalue weighted by molar-refractivity contribution is 6.05. The highest BCUT2D eigenvalue weighted by atomic mass is 16.6. The van der Waals surface area contributed by atoms with Crippen LogP contribution in [0.15, 0.2) is 18.2 Å². The number of esters is 2. The molecule has 0 amide bonds. The van der Waals surface area contributed by atoms with E-state index in [0.29, 0.717) is 0 Å². The molecule has 0 aliphatic carbocycles. The quantitative estimate of drug-likeness (QED) is 0.620. The lowest BCUT2D eigenvalue weighted by Gasteiger charge is -2.05. The molecule has 0 bridgehead atoms. The van der Waals surface area contributed by atoms with E-state index in [9.17, 15) is 19.2 Å². The van der Waals surface area contributed by atoms with Gasteiger partial charge in [-0.3, -0.25) is 4.79 Å². The maximum absolute atomic E-state index is 11.5. The van der Waals surface area contributed by atoms with E-state index >= 15 is 0 Å². The molecule has 0 atom stereocenters. The Morgan fingerprint density at radius 2 is 1.63 bits per heavy atom. The first-order valence-corrected chi connectivity index (χ1v) is 5.22. The molecule has 0 aliphatic rings. The van der Waals surface area contributed by atoms with Crippen molar-refractivity contribution in [2.24, 2.45) is 0 Å². The molecule has 0 spiro atoms. The number of rotatable bonds is 4. The van der Waals surface area contributed by atoms with E-state index < -0.39 is 35.0 Å². The molecule has 0 fully saturated rings. The molecule has 7 heteroatoms. The van der Waals surface area contributed by atoms with Crippen LogP contribution in [0.25, 0.3) is 0 Å². The van der Waals surface area contributed by atoms with Gasteiger partial charge in [0.25, 0.3) is 0 Å². The van der Waals surface area contributed by atoms with Crippen molar-refractivity contribution >= 4 is 23.9 Å². The summed E-state index contributed by atoms with van der Waals surface area (Å²) < 4.78 is 4.40. The first-order valence-electron chi connectivity index (χ1n) is 5.22. The molecule has 100 valence electrons. The monoisotopic (exact) mass is 266 g/mol. The molecule has 0 heterocycles. The predicted octanol–water partition coefficient (Wildman–Crippen LogP) is 1.18. The van der Waals surface area contributed by atoms with Gasteiger partial charge in [-0.25, -0.2) is 14.4 Å². The Kier molecular flexibility index (Phi) is 4.36. The fraction of sp³-hybridized carbons (Fsp3) is 0.167. The normalized spacial score (nSPS) is 9.74. The van der Waals surface area contributed by atoms with E-state index in [4.69, 9.17) is 10.2 Å². The van der Waals surface area contributed by atoms with Gasteiger partial charge >= 0.3 is 23.9 Å². The third kappa shape index (κ3) is 3.38. The molecule has 0 aromatic heterocycles. The van der Waals surface area contributed by atoms with Crippen LogP contribution in [0, 0.1) is 0 Å². The van der Waals surface area contributed by atoms with E-state index in [2.05, 4.69) is 4.74 Å². The van der Waals surface area contributed by atoms with Gasteiger partial charge in [-0.2, -0.15) is 0 Å². The number of carboxylic acids is 2. The van der Waals surface area contributed by atoms with E-state index in [-0.39, 0.29) is 12.0 Å². The Morgan fingerprint density at radius 1 is 1.05 bits per heavy atom. The SMILES string of the molecule is CCC(=O)OC(=O)c1ccc(C(=O)O)c(C(=O)O)c1. The molecule has 0 radical (unpaired) electrons. The number of benzene rings is 1. The first-order chi connectivity index (χ1) is 8.86. The van der Waals surface area contributed by atoms with Crippen LogP contribution in [0.1, 0.15) is 44.4 Å². The molecular formula is C12H10O7. The van der Waals surface area contributed by atoms with Gasteiger partial charge < -0.3 is 14.9 Å². The highest BCUT2D eigenvalue weighted by Crippen LogP contribution is 2.14. The van der Waals surface area contributed by atoms with Crippen LogP contribution >= 0.6 is 0 Å². The molecule has 19 heavy (non-hydrogen) atoms. The van der Waals surface area contributed by atoms with E-state index in [1.807, 2.05) is 0 Å². The van der Waals surface area contributed by atoms with Crippen molar-refractivity contribution in [2.75, 3.05) is 0 Å². The Balaban J connectivity index is 3.15. The van der Waals surface area contributed by atoms with Crippen LogP contribution in [0.5, 0.6) is 0 Å². The second-order valence-electron chi connectivity index (χ2n) is 3.49. The zero-order valence-electron chi connectivity index (χ0n) is 9.87. The molecule has 0 unspecified atom stereocenters. The summed E-state index contributed by atoms with van der Waals surface area (Å²) in [6.07, 6.45) is -0.00919. The van der Waals surface area contributed by atoms with Crippen molar-refractivity contribution in [3.8, 4) is 0 Å². The van der Waals surface area contributed by atoms with Gasteiger partial charge in [0, 0.05) is 6.42 Å². The van der Waals surface area contributed by atoms with Crippen molar-refractivity contribution in [2.45, 2.75) is 13.3 Å². The van der Waals surface area contributed by atoms with Gasteiger partial charge in [0.1, 0.15) is 0 Å². The summed E-state index contributed by atoms with van der Waals surface area (Å²) in [6.45, 7) is 1.49. The van der Waals surface area contributed by atoms with Crippen LogP contribution in [-0.2, 0) is 9.53 Å². The van der Waals surface area contributed by atoms with Crippen molar-refractivity contribution in [3.05, 3.63) is 34.9 Å². The van der Waals surface area contributed by atoms with Crippen LogP contribution in [0.2, 0.25) is 0 Å². The number of aromatic carboxylic acids is 2. The summed E-state index contributed by atoms with van der Waals surface area (Å²) >= 11 is 0. The van der Waals surface area contributed by atoms with Gasteiger partial charge in [0.15, 0.2) is 0 Å². The molecule has 2 N–H and O–H groups in total. The van der Waals surface area contributed by atoms with Crippen LogP contribution in [0.3, 0.4) is 0 Å². The second-order valence-corrected chi connectivity index (χ2v) is 3.49. The average Bonchev–Trinajstić information content (AvgIpc) is 2.37. The number of carbonyl (C=O) groups is 4. The minimum atomic E-state index is -1.49. The number of hydrogen-bond acceptors (Lipinski definition) is 5. The van der Waals surface area contributed by atoms with Gasteiger partial charge in [-0.05, 0) is 18.2 Å². The zero-order chi connectivity index (χ0) is 14.6. The Bertz CT molecular complexity index is 559. The summed E-state index contributed by atoms with van der Waals surface area (Å²) in [4.78, 5) is 44.1. The fourth-order valence-corrected chi connectivity index (χ4v) is 1.27. The van der Waals surface area contributed by atoms with Crippen LogP contribution in [0.4, 0.5) is 0 Å². The topological polar surface area (TPSA) is 118 Å². The van der Waals surface area contributed by atoms with Crippen molar-refractivity contribution < 1.29 is 34.1 Å². The van der Waals surface area contributed by atoms with E-state index in [1.54, 1.807) is 0 Å². The third-order valence-electron chi connectivity index (χ3n) is 2.21. The summed E-state index contributed by atoms with van der Waals surface area (Å²) in [7, 11) is 0. The van der Waals surface area contributed by atoms with Gasteiger partial charge in [0.2, 0.25) is 0 Å². The summed E-state index contributed by atoms with van der Waals surface area (Å²) in [5.74, 6) is -4.70. The molecule has 0 saturated carbocycles. The Labute approximate surface area is 107 Å². The van der Waals surface area contributed by atoms with Gasteiger partial charge in [-0.1, -0.05) is 6.92 Å². The van der Waals surface area contributed by atoms with Crippen molar-refractivity contribution in [1.82, 2.24) is 0 Å². The zero-order valence-corrected chi connectivity index (χ0v) is 9.87. The molecule has 0 aliphatic heterocycles. The standard InChI is InChI=1S/C12H10O7/c1-2-9(13)19-12(18)6-3-4-7(10(14)15)8(5-6)11(16)17/h3-5H,2H2,1H3,(H,14,15)(H,16,17). The summed E-state index contributed by atoms with van der Waals surface area (Å²) in [5.41, 5.74) is -1.21. The minimum absolute atomic E-state index is 0.00919. The molecular weight excluding hydrogens is 256 g/mol. The molecule has 1 aromatic carbocycles. The smallest absolute Gasteiger partial charge is 0.345 e. The maximum Gasteiger partial charge on any atom is 0.345 e.